The fourth-order valence-electron chi connectivity index (χ4n) is 1.23. The van der Waals surface area contributed by atoms with Crippen LogP contribution in [-0.4, -0.2) is 29.8 Å². The van der Waals surface area contributed by atoms with Crippen LogP contribution in [0.5, 0.6) is 0 Å². The van der Waals surface area contributed by atoms with Crippen molar-refractivity contribution in [1.29, 1.82) is 0 Å². The van der Waals surface area contributed by atoms with Crippen molar-refractivity contribution in [3.63, 3.8) is 0 Å². The number of hydrogen-bond acceptors (Lipinski definition) is 3. The van der Waals surface area contributed by atoms with Crippen LogP contribution in [0.2, 0.25) is 0 Å². The van der Waals surface area contributed by atoms with Gasteiger partial charge in [-0.05, 0) is 41.9 Å². The SMILES string of the molecule is Cc1nc(N(C)CC(C)O)ccc1Br. The average molecular weight is 259 g/mol. The summed E-state index contributed by atoms with van der Waals surface area (Å²) in [5, 5.41) is 9.23. The molecule has 1 atom stereocenters. The summed E-state index contributed by atoms with van der Waals surface area (Å²) in [7, 11) is 1.92. The third-order valence-corrected chi connectivity index (χ3v) is 2.77. The van der Waals surface area contributed by atoms with Crippen LogP contribution < -0.4 is 4.90 Å². The average Bonchev–Trinajstić information content (AvgIpc) is 2.08. The Hall–Kier alpha value is -0.610. The third kappa shape index (κ3) is 2.96. The number of anilines is 1. The van der Waals surface area contributed by atoms with Crippen molar-refractivity contribution >= 4 is 21.7 Å². The minimum atomic E-state index is -0.342. The van der Waals surface area contributed by atoms with E-state index in [9.17, 15) is 5.11 Å². The second-order valence-electron chi connectivity index (χ2n) is 3.47. The summed E-state index contributed by atoms with van der Waals surface area (Å²) in [6.07, 6.45) is -0.342. The summed E-state index contributed by atoms with van der Waals surface area (Å²) in [4.78, 5) is 6.33. The van der Waals surface area contributed by atoms with Crippen LogP contribution in [0.15, 0.2) is 16.6 Å². The van der Waals surface area contributed by atoms with Crippen LogP contribution in [-0.2, 0) is 0 Å². The number of pyridine rings is 1. The molecule has 78 valence electrons. The molecular weight excluding hydrogens is 244 g/mol. The fraction of sp³-hybridized carbons (Fsp3) is 0.500. The number of hydrogen-bond donors (Lipinski definition) is 1. The van der Waals surface area contributed by atoms with Crippen molar-refractivity contribution in [2.75, 3.05) is 18.5 Å². The van der Waals surface area contributed by atoms with Crippen LogP contribution >= 0.6 is 15.9 Å². The van der Waals surface area contributed by atoms with Gasteiger partial charge in [0.1, 0.15) is 5.82 Å². The van der Waals surface area contributed by atoms with Crippen molar-refractivity contribution in [3.8, 4) is 0 Å². The van der Waals surface area contributed by atoms with Crippen LogP contribution in [0.3, 0.4) is 0 Å². The first-order chi connectivity index (χ1) is 6.50. The molecule has 1 aromatic heterocycles. The third-order valence-electron chi connectivity index (χ3n) is 1.94. The number of aromatic nitrogens is 1. The molecule has 0 saturated heterocycles. The van der Waals surface area contributed by atoms with Gasteiger partial charge in [0.25, 0.3) is 0 Å². The molecular formula is C10H15BrN2O. The van der Waals surface area contributed by atoms with Gasteiger partial charge in [-0.1, -0.05) is 0 Å². The van der Waals surface area contributed by atoms with Crippen molar-refractivity contribution in [1.82, 2.24) is 4.98 Å². The number of aryl methyl sites for hydroxylation is 1. The Balaban J connectivity index is 2.80. The predicted molar refractivity (Wildman–Crippen MR) is 61.6 cm³/mol. The molecule has 14 heavy (non-hydrogen) atoms. The second-order valence-corrected chi connectivity index (χ2v) is 4.32. The number of aliphatic hydroxyl groups is 1. The Kier molecular flexibility index (Phi) is 3.89. The Bertz CT molecular complexity index is 315. The van der Waals surface area contributed by atoms with Gasteiger partial charge in [-0.15, -0.1) is 0 Å². The lowest BCUT2D eigenvalue weighted by Gasteiger charge is -2.20. The number of nitrogens with zero attached hydrogens (tertiary/aromatic N) is 2. The highest BCUT2D eigenvalue weighted by Gasteiger charge is 2.06. The maximum atomic E-state index is 9.23. The summed E-state index contributed by atoms with van der Waals surface area (Å²) in [5.41, 5.74) is 0.958. The van der Waals surface area contributed by atoms with Crippen molar-refractivity contribution in [2.45, 2.75) is 20.0 Å². The van der Waals surface area contributed by atoms with Gasteiger partial charge in [-0.25, -0.2) is 4.98 Å². The molecule has 1 N–H and O–H groups in total. The first-order valence-corrected chi connectivity index (χ1v) is 5.32. The molecule has 0 aliphatic heterocycles. The van der Waals surface area contributed by atoms with Gasteiger partial charge in [-0.3, -0.25) is 0 Å². The van der Waals surface area contributed by atoms with E-state index in [1.807, 2.05) is 31.0 Å². The van der Waals surface area contributed by atoms with Gasteiger partial charge in [0.2, 0.25) is 0 Å². The number of rotatable bonds is 3. The van der Waals surface area contributed by atoms with Gasteiger partial charge in [0.05, 0.1) is 11.8 Å². The molecule has 0 amide bonds. The van der Waals surface area contributed by atoms with Crippen LogP contribution in [0, 0.1) is 6.92 Å². The normalized spacial score (nSPS) is 12.6. The highest BCUT2D eigenvalue weighted by atomic mass is 79.9. The monoisotopic (exact) mass is 258 g/mol. The van der Waals surface area contributed by atoms with E-state index in [2.05, 4.69) is 20.9 Å². The summed E-state index contributed by atoms with van der Waals surface area (Å²) in [6, 6.07) is 3.90. The Morgan fingerprint density at radius 3 is 2.71 bits per heavy atom. The number of halogens is 1. The Morgan fingerprint density at radius 2 is 2.21 bits per heavy atom. The first-order valence-electron chi connectivity index (χ1n) is 4.53. The van der Waals surface area contributed by atoms with Crippen LogP contribution in [0.4, 0.5) is 5.82 Å². The molecule has 1 rings (SSSR count). The molecule has 0 radical (unpaired) electrons. The zero-order chi connectivity index (χ0) is 10.7. The summed E-state index contributed by atoms with van der Waals surface area (Å²) in [5.74, 6) is 0.881. The minimum Gasteiger partial charge on any atom is -0.392 e. The summed E-state index contributed by atoms with van der Waals surface area (Å²) < 4.78 is 1.01. The quantitative estimate of drug-likeness (QED) is 0.901. The van der Waals surface area contributed by atoms with Crippen LogP contribution in [0.25, 0.3) is 0 Å². The maximum absolute atomic E-state index is 9.23. The first kappa shape index (κ1) is 11.5. The van der Waals surface area contributed by atoms with Crippen molar-refractivity contribution < 1.29 is 5.11 Å². The van der Waals surface area contributed by atoms with E-state index in [0.29, 0.717) is 6.54 Å². The standard InChI is InChI=1S/C10H15BrN2O/c1-7(14)6-13(3)10-5-4-9(11)8(2)12-10/h4-5,7,14H,6H2,1-3H3. The number of likely N-dealkylation sites (N-methyl/N-ethyl adjacent to an activating group) is 1. The lowest BCUT2D eigenvalue weighted by molar-refractivity contribution is 0.201. The topological polar surface area (TPSA) is 36.4 Å². The highest BCUT2D eigenvalue weighted by molar-refractivity contribution is 9.10. The van der Waals surface area contributed by atoms with Gasteiger partial charge >= 0.3 is 0 Å². The number of aliphatic hydroxyl groups excluding tert-OH is 1. The molecule has 0 spiro atoms. The Labute approximate surface area is 92.9 Å². The molecule has 0 aliphatic rings. The molecule has 1 unspecified atom stereocenters. The summed E-state index contributed by atoms with van der Waals surface area (Å²) >= 11 is 3.40. The van der Waals surface area contributed by atoms with Gasteiger partial charge in [0, 0.05) is 18.1 Å². The van der Waals surface area contributed by atoms with Gasteiger partial charge in [-0.2, -0.15) is 0 Å². The molecule has 1 heterocycles. The van der Waals surface area contributed by atoms with Gasteiger partial charge in [0.15, 0.2) is 0 Å². The van der Waals surface area contributed by atoms with E-state index in [1.165, 1.54) is 0 Å². The molecule has 3 nitrogen and oxygen atoms in total. The van der Waals surface area contributed by atoms with E-state index in [0.717, 1.165) is 16.0 Å². The van der Waals surface area contributed by atoms with Gasteiger partial charge < -0.3 is 10.0 Å². The zero-order valence-corrected chi connectivity index (χ0v) is 10.2. The van der Waals surface area contributed by atoms with E-state index >= 15 is 0 Å². The Morgan fingerprint density at radius 1 is 1.57 bits per heavy atom. The smallest absolute Gasteiger partial charge is 0.128 e. The lowest BCUT2D eigenvalue weighted by atomic mass is 10.3. The molecule has 0 fully saturated rings. The minimum absolute atomic E-state index is 0.342. The van der Waals surface area contributed by atoms with E-state index in [4.69, 9.17) is 0 Å². The maximum Gasteiger partial charge on any atom is 0.128 e. The summed E-state index contributed by atoms with van der Waals surface area (Å²) in [6.45, 7) is 4.31. The zero-order valence-electron chi connectivity index (χ0n) is 8.66. The molecule has 1 aromatic rings. The molecule has 0 bridgehead atoms. The second kappa shape index (κ2) is 4.75. The molecule has 0 aromatic carbocycles. The van der Waals surface area contributed by atoms with E-state index in [1.54, 1.807) is 6.92 Å². The highest BCUT2D eigenvalue weighted by Crippen LogP contribution is 2.18. The molecule has 0 aliphatic carbocycles. The van der Waals surface area contributed by atoms with Crippen molar-refractivity contribution in [3.05, 3.63) is 22.3 Å². The fourth-order valence-corrected chi connectivity index (χ4v) is 1.45. The lowest BCUT2D eigenvalue weighted by Crippen LogP contribution is -2.27. The molecule has 0 saturated carbocycles. The van der Waals surface area contributed by atoms with Crippen molar-refractivity contribution in [2.24, 2.45) is 0 Å². The molecule has 4 heteroatoms. The van der Waals surface area contributed by atoms with Crippen LogP contribution in [0.1, 0.15) is 12.6 Å². The largest absolute Gasteiger partial charge is 0.392 e. The van der Waals surface area contributed by atoms with E-state index < -0.39 is 0 Å². The predicted octanol–water partition coefficient (Wildman–Crippen LogP) is 1.97. The van der Waals surface area contributed by atoms with E-state index in [-0.39, 0.29) is 6.10 Å².